The molecule has 0 saturated carbocycles. The lowest BCUT2D eigenvalue weighted by atomic mass is 10.2. The zero-order chi connectivity index (χ0) is 22.5. The zero-order valence-electron chi connectivity index (χ0n) is 16.1. The first-order valence-corrected chi connectivity index (χ1v) is 10.8. The standard InChI is InChI=1S/C19H19ClN2O7S/c1-12-3-6-15(7-4-12)30(27,28)10-9-18(23)29-13(2)19(24)21-17-11-14(22(25)26)5-8-16(17)20/h3-8,11,13H,9-10H2,1-2H3,(H,21,24). The number of anilines is 1. The largest absolute Gasteiger partial charge is 0.453 e. The van der Waals surface area contributed by atoms with Gasteiger partial charge in [-0.3, -0.25) is 19.7 Å². The molecule has 0 spiro atoms. The van der Waals surface area contributed by atoms with Gasteiger partial charge in [-0.1, -0.05) is 29.3 Å². The van der Waals surface area contributed by atoms with Crippen molar-refractivity contribution in [1.82, 2.24) is 0 Å². The van der Waals surface area contributed by atoms with Crippen LogP contribution in [-0.2, 0) is 24.2 Å². The van der Waals surface area contributed by atoms with Gasteiger partial charge in [-0.05, 0) is 32.0 Å². The fraction of sp³-hybridized carbons (Fsp3) is 0.263. The van der Waals surface area contributed by atoms with E-state index in [1.807, 2.05) is 6.92 Å². The van der Waals surface area contributed by atoms with Crippen LogP contribution >= 0.6 is 11.6 Å². The first kappa shape index (κ1) is 23.3. The summed E-state index contributed by atoms with van der Waals surface area (Å²) in [6.07, 6.45) is -1.71. The summed E-state index contributed by atoms with van der Waals surface area (Å²) < 4.78 is 29.5. The lowest BCUT2D eigenvalue weighted by Crippen LogP contribution is -2.30. The van der Waals surface area contributed by atoms with E-state index in [1.165, 1.54) is 31.2 Å². The van der Waals surface area contributed by atoms with Crippen LogP contribution < -0.4 is 5.32 Å². The molecule has 0 radical (unpaired) electrons. The molecule has 11 heteroatoms. The fourth-order valence-electron chi connectivity index (χ4n) is 2.35. The number of sulfone groups is 1. The van der Waals surface area contributed by atoms with Crippen LogP contribution in [-0.4, -0.2) is 37.1 Å². The number of halogens is 1. The van der Waals surface area contributed by atoms with E-state index in [-0.39, 0.29) is 21.3 Å². The van der Waals surface area contributed by atoms with Crippen molar-refractivity contribution in [1.29, 1.82) is 0 Å². The highest BCUT2D eigenvalue weighted by molar-refractivity contribution is 7.91. The summed E-state index contributed by atoms with van der Waals surface area (Å²) in [4.78, 5) is 34.4. The van der Waals surface area contributed by atoms with Crippen LogP contribution in [0.2, 0.25) is 5.02 Å². The summed E-state index contributed by atoms with van der Waals surface area (Å²) >= 11 is 5.91. The number of hydrogen-bond acceptors (Lipinski definition) is 7. The van der Waals surface area contributed by atoms with E-state index in [1.54, 1.807) is 12.1 Å². The van der Waals surface area contributed by atoms with Gasteiger partial charge in [0.2, 0.25) is 0 Å². The van der Waals surface area contributed by atoms with Crippen LogP contribution in [0.1, 0.15) is 18.9 Å². The molecule has 2 aromatic carbocycles. The van der Waals surface area contributed by atoms with E-state index in [0.717, 1.165) is 11.6 Å². The summed E-state index contributed by atoms with van der Waals surface area (Å²) in [5, 5.41) is 13.2. The van der Waals surface area contributed by atoms with Crippen molar-refractivity contribution in [3.8, 4) is 0 Å². The van der Waals surface area contributed by atoms with Crippen LogP contribution in [0.15, 0.2) is 47.4 Å². The molecule has 1 N–H and O–H groups in total. The molecule has 2 rings (SSSR count). The Morgan fingerprint density at radius 1 is 1.20 bits per heavy atom. The Hall–Kier alpha value is -2.98. The Balaban J connectivity index is 1.94. The monoisotopic (exact) mass is 454 g/mol. The number of aryl methyl sites for hydroxylation is 1. The Morgan fingerprint density at radius 2 is 1.83 bits per heavy atom. The second-order valence-electron chi connectivity index (χ2n) is 6.42. The molecule has 0 bridgehead atoms. The van der Waals surface area contributed by atoms with E-state index < -0.39 is 44.9 Å². The van der Waals surface area contributed by atoms with E-state index in [9.17, 15) is 28.1 Å². The lowest BCUT2D eigenvalue weighted by molar-refractivity contribution is -0.384. The van der Waals surface area contributed by atoms with Crippen molar-refractivity contribution in [2.45, 2.75) is 31.3 Å². The molecular formula is C19H19ClN2O7S. The van der Waals surface area contributed by atoms with Gasteiger partial charge < -0.3 is 10.1 Å². The number of nitro groups is 1. The molecule has 0 heterocycles. The number of carbonyl (C=O) groups excluding carboxylic acids is 2. The first-order valence-electron chi connectivity index (χ1n) is 8.73. The van der Waals surface area contributed by atoms with Gasteiger partial charge in [0.1, 0.15) is 0 Å². The van der Waals surface area contributed by atoms with Crippen LogP contribution in [0, 0.1) is 17.0 Å². The second kappa shape index (κ2) is 9.68. The number of amides is 1. The van der Waals surface area contributed by atoms with E-state index >= 15 is 0 Å². The maximum Gasteiger partial charge on any atom is 0.307 e. The maximum absolute atomic E-state index is 12.3. The second-order valence-corrected chi connectivity index (χ2v) is 8.94. The number of benzene rings is 2. The Labute approximate surface area is 178 Å². The third-order valence-corrected chi connectivity index (χ3v) is 6.11. The minimum absolute atomic E-state index is 0.0132. The Morgan fingerprint density at radius 3 is 2.43 bits per heavy atom. The number of non-ortho nitro benzene ring substituents is 1. The number of nitrogens with zero attached hydrogens (tertiary/aromatic N) is 1. The van der Waals surface area contributed by atoms with Gasteiger partial charge in [0.15, 0.2) is 15.9 Å². The van der Waals surface area contributed by atoms with Crippen molar-refractivity contribution in [3.63, 3.8) is 0 Å². The molecule has 0 aliphatic heterocycles. The molecular weight excluding hydrogens is 436 g/mol. The van der Waals surface area contributed by atoms with Crippen molar-refractivity contribution in [2.75, 3.05) is 11.1 Å². The third kappa shape index (κ3) is 6.26. The number of nitrogens with one attached hydrogen (secondary N) is 1. The van der Waals surface area contributed by atoms with Crippen molar-refractivity contribution < 1.29 is 27.7 Å². The highest BCUT2D eigenvalue weighted by Crippen LogP contribution is 2.27. The summed E-state index contributed by atoms with van der Waals surface area (Å²) in [5.41, 5.74) is 0.610. The fourth-order valence-corrected chi connectivity index (χ4v) is 3.73. The average Bonchev–Trinajstić information content (AvgIpc) is 2.68. The Kier molecular flexibility index (Phi) is 7.52. The van der Waals surface area contributed by atoms with Crippen molar-refractivity contribution in [3.05, 3.63) is 63.2 Å². The maximum atomic E-state index is 12.3. The smallest absolute Gasteiger partial charge is 0.307 e. The lowest BCUT2D eigenvalue weighted by Gasteiger charge is -2.14. The van der Waals surface area contributed by atoms with Crippen LogP contribution in [0.25, 0.3) is 0 Å². The molecule has 1 amide bonds. The number of carbonyl (C=O) groups is 2. The quantitative estimate of drug-likeness (QED) is 0.367. The van der Waals surface area contributed by atoms with Gasteiger partial charge in [-0.15, -0.1) is 0 Å². The van der Waals surface area contributed by atoms with Gasteiger partial charge in [0.25, 0.3) is 11.6 Å². The number of nitro benzene ring substituents is 1. The number of hydrogen-bond donors (Lipinski definition) is 1. The van der Waals surface area contributed by atoms with E-state index in [4.69, 9.17) is 16.3 Å². The minimum atomic E-state index is -3.68. The predicted octanol–water partition coefficient (Wildman–Crippen LogP) is 3.29. The van der Waals surface area contributed by atoms with Gasteiger partial charge in [-0.2, -0.15) is 0 Å². The molecule has 0 aliphatic carbocycles. The summed E-state index contributed by atoms with van der Waals surface area (Å²) in [7, 11) is -3.68. The SMILES string of the molecule is Cc1ccc(S(=O)(=O)CCC(=O)OC(C)C(=O)Nc2cc([N+](=O)[O-])ccc2Cl)cc1. The number of esters is 1. The van der Waals surface area contributed by atoms with E-state index in [0.29, 0.717) is 0 Å². The van der Waals surface area contributed by atoms with Gasteiger partial charge >= 0.3 is 5.97 Å². The number of ether oxygens (including phenoxy) is 1. The molecule has 160 valence electrons. The predicted molar refractivity (Wildman–Crippen MR) is 110 cm³/mol. The molecule has 2 aromatic rings. The van der Waals surface area contributed by atoms with Gasteiger partial charge in [0.05, 0.1) is 32.7 Å². The summed E-state index contributed by atoms with van der Waals surface area (Å²) in [6, 6.07) is 9.71. The Bertz CT molecular complexity index is 1070. The van der Waals surface area contributed by atoms with Crippen molar-refractivity contribution in [2.24, 2.45) is 0 Å². The van der Waals surface area contributed by atoms with Crippen molar-refractivity contribution >= 4 is 44.7 Å². The molecule has 0 fully saturated rings. The minimum Gasteiger partial charge on any atom is -0.453 e. The zero-order valence-corrected chi connectivity index (χ0v) is 17.7. The third-order valence-electron chi connectivity index (χ3n) is 4.05. The van der Waals surface area contributed by atoms with Crippen LogP contribution in [0.4, 0.5) is 11.4 Å². The molecule has 9 nitrogen and oxygen atoms in total. The summed E-state index contributed by atoms with van der Waals surface area (Å²) in [5.74, 6) is -2.12. The van der Waals surface area contributed by atoms with Crippen LogP contribution in [0.5, 0.6) is 0 Å². The molecule has 1 atom stereocenters. The highest BCUT2D eigenvalue weighted by atomic mass is 35.5. The van der Waals surface area contributed by atoms with Gasteiger partial charge in [-0.25, -0.2) is 8.42 Å². The van der Waals surface area contributed by atoms with Gasteiger partial charge in [0, 0.05) is 12.1 Å². The molecule has 0 aromatic heterocycles. The summed E-state index contributed by atoms with van der Waals surface area (Å²) in [6.45, 7) is 3.11. The topological polar surface area (TPSA) is 133 Å². The molecule has 0 aliphatic rings. The average molecular weight is 455 g/mol. The highest BCUT2D eigenvalue weighted by Gasteiger charge is 2.22. The molecule has 1 unspecified atom stereocenters. The normalized spacial score (nSPS) is 12.1. The van der Waals surface area contributed by atoms with E-state index in [2.05, 4.69) is 5.32 Å². The molecule has 0 saturated heterocycles. The number of rotatable bonds is 8. The van der Waals surface area contributed by atoms with Crippen LogP contribution in [0.3, 0.4) is 0 Å². The molecule has 30 heavy (non-hydrogen) atoms. The first-order chi connectivity index (χ1) is 14.0.